The van der Waals surface area contributed by atoms with E-state index in [0.29, 0.717) is 13.2 Å². The Labute approximate surface area is 126 Å². The van der Waals surface area contributed by atoms with E-state index in [1.165, 1.54) is 6.92 Å². The number of methoxy groups -OCH3 is 1. The third-order valence-corrected chi connectivity index (χ3v) is 3.57. The topological polar surface area (TPSA) is 79.5 Å². The van der Waals surface area contributed by atoms with Crippen molar-refractivity contribution in [3.63, 3.8) is 0 Å². The molecule has 1 aliphatic heterocycles. The molecule has 0 aromatic heterocycles. The first-order valence-electron chi connectivity index (χ1n) is 6.73. The van der Waals surface area contributed by atoms with Gasteiger partial charge in [0.15, 0.2) is 0 Å². The predicted molar refractivity (Wildman–Crippen MR) is 79.9 cm³/mol. The average Bonchev–Trinajstić information content (AvgIpc) is 2.36. The van der Waals surface area contributed by atoms with Gasteiger partial charge in [-0.15, -0.1) is 12.4 Å². The molecule has 118 valence electrons. The van der Waals surface area contributed by atoms with Crippen LogP contribution in [0, 0.1) is 5.41 Å². The van der Waals surface area contributed by atoms with Crippen molar-refractivity contribution in [1.29, 1.82) is 0 Å². The molecule has 2 amide bonds. The molecular formula is C13H26ClN3O3. The first kappa shape index (κ1) is 19.1. The summed E-state index contributed by atoms with van der Waals surface area (Å²) >= 11 is 0. The second-order valence-electron chi connectivity index (χ2n) is 5.32. The van der Waals surface area contributed by atoms with Crippen molar-refractivity contribution in [3.8, 4) is 0 Å². The van der Waals surface area contributed by atoms with Crippen molar-refractivity contribution in [2.45, 2.75) is 32.7 Å². The van der Waals surface area contributed by atoms with Crippen LogP contribution in [-0.2, 0) is 14.3 Å². The number of rotatable bonds is 6. The highest BCUT2D eigenvalue weighted by Crippen LogP contribution is 2.28. The smallest absolute Gasteiger partial charge is 0.242 e. The second-order valence-corrected chi connectivity index (χ2v) is 5.32. The van der Waals surface area contributed by atoms with Crippen LogP contribution in [0.25, 0.3) is 0 Å². The summed E-state index contributed by atoms with van der Waals surface area (Å²) in [6.45, 7) is 6.21. The second kappa shape index (κ2) is 9.15. The lowest BCUT2D eigenvalue weighted by molar-refractivity contribution is -0.128. The van der Waals surface area contributed by atoms with Gasteiger partial charge in [-0.1, -0.05) is 0 Å². The fourth-order valence-electron chi connectivity index (χ4n) is 2.43. The normalized spacial score (nSPS) is 18.6. The number of ether oxygens (including phenoxy) is 1. The van der Waals surface area contributed by atoms with Crippen LogP contribution in [0.15, 0.2) is 0 Å². The van der Waals surface area contributed by atoms with E-state index in [0.717, 1.165) is 25.9 Å². The maximum absolute atomic E-state index is 11.9. The Balaban J connectivity index is 0.00000361. The number of piperidine rings is 1. The maximum atomic E-state index is 11.9. The number of hydrogen-bond donors (Lipinski definition) is 3. The molecule has 1 heterocycles. The first-order valence-corrected chi connectivity index (χ1v) is 6.73. The predicted octanol–water partition coefficient (Wildman–Crippen LogP) is 0.0652. The zero-order chi connectivity index (χ0) is 14.3. The molecule has 7 heteroatoms. The van der Waals surface area contributed by atoms with E-state index in [1.807, 2.05) is 0 Å². The van der Waals surface area contributed by atoms with Gasteiger partial charge in [0.05, 0.1) is 6.61 Å². The van der Waals surface area contributed by atoms with Gasteiger partial charge < -0.3 is 20.7 Å². The van der Waals surface area contributed by atoms with E-state index in [9.17, 15) is 9.59 Å². The molecule has 0 saturated carbocycles. The van der Waals surface area contributed by atoms with Crippen LogP contribution < -0.4 is 16.0 Å². The summed E-state index contributed by atoms with van der Waals surface area (Å²) in [5.41, 5.74) is 0.00556. The summed E-state index contributed by atoms with van der Waals surface area (Å²) in [7, 11) is 1.69. The van der Waals surface area contributed by atoms with E-state index < -0.39 is 6.04 Å². The van der Waals surface area contributed by atoms with E-state index in [1.54, 1.807) is 14.0 Å². The highest BCUT2D eigenvalue weighted by molar-refractivity contribution is 5.86. The van der Waals surface area contributed by atoms with E-state index >= 15 is 0 Å². The molecule has 0 aromatic carbocycles. The number of carbonyl (C=O) groups excluding carboxylic acids is 2. The molecule has 0 bridgehead atoms. The summed E-state index contributed by atoms with van der Waals surface area (Å²) in [6, 6.07) is -0.501. The molecule has 0 aliphatic carbocycles. The number of halogens is 1. The molecule has 1 unspecified atom stereocenters. The van der Waals surface area contributed by atoms with Gasteiger partial charge in [0.25, 0.3) is 0 Å². The summed E-state index contributed by atoms with van der Waals surface area (Å²) < 4.78 is 5.29. The van der Waals surface area contributed by atoms with Crippen LogP contribution in [-0.4, -0.2) is 51.2 Å². The molecule has 1 saturated heterocycles. The number of carbonyl (C=O) groups is 2. The molecule has 1 rings (SSSR count). The van der Waals surface area contributed by atoms with Gasteiger partial charge in [0, 0.05) is 26.0 Å². The van der Waals surface area contributed by atoms with Crippen molar-refractivity contribution in [2.75, 3.05) is 33.4 Å². The van der Waals surface area contributed by atoms with Gasteiger partial charge in [-0.2, -0.15) is 0 Å². The number of amides is 2. The molecule has 1 atom stereocenters. The minimum Gasteiger partial charge on any atom is -0.384 e. The van der Waals surface area contributed by atoms with E-state index in [4.69, 9.17) is 4.74 Å². The summed E-state index contributed by atoms with van der Waals surface area (Å²) in [5.74, 6) is -0.347. The largest absolute Gasteiger partial charge is 0.384 e. The molecule has 0 radical (unpaired) electrons. The third-order valence-electron chi connectivity index (χ3n) is 3.57. The van der Waals surface area contributed by atoms with Crippen molar-refractivity contribution >= 4 is 24.2 Å². The number of hydrogen-bond acceptors (Lipinski definition) is 4. The summed E-state index contributed by atoms with van der Waals surface area (Å²) in [6.07, 6.45) is 1.96. The fraction of sp³-hybridized carbons (Fsp3) is 0.846. The minimum atomic E-state index is -0.501. The lowest BCUT2D eigenvalue weighted by Gasteiger charge is -2.37. The summed E-state index contributed by atoms with van der Waals surface area (Å²) in [4.78, 5) is 22.8. The van der Waals surface area contributed by atoms with Crippen LogP contribution >= 0.6 is 12.4 Å². The molecular weight excluding hydrogens is 282 g/mol. The van der Waals surface area contributed by atoms with Crippen LogP contribution in [0.4, 0.5) is 0 Å². The maximum Gasteiger partial charge on any atom is 0.242 e. The Hall–Kier alpha value is -0.850. The Morgan fingerprint density at radius 3 is 2.45 bits per heavy atom. The Bertz CT molecular complexity index is 314. The minimum absolute atomic E-state index is 0. The molecule has 0 spiro atoms. The third kappa shape index (κ3) is 6.07. The van der Waals surface area contributed by atoms with Crippen LogP contribution in [0.5, 0.6) is 0 Å². The Morgan fingerprint density at radius 1 is 1.35 bits per heavy atom. The standard InChI is InChI=1S/C13H25N3O3.ClH/c1-10(16-11(2)17)12(18)15-8-13(9-19-3)4-6-14-7-5-13;/h10,14H,4-9H2,1-3H3,(H,15,18)(H,16,17);1H. The quantitative estimate of drug-likeness (QED) is 0.648. The molecule has 1 fully saturated rings. The zero-order valence-electron chi connectivity index (χ0n) is 12.5. The number of nitrogens with one attached hydrogen (secondary N) is 3. The van der Waals surface area contributed by atoms with Gasteiger partial charge in [-0.05, 0) is 32.9 Å². The molecule has 1 aliphatic rings. The molecule has 3 N–H and O–H groups in total. The zero-order valence-corrected chi connectivity index (χ0v) is 13.3. The average molecular weight is 308 g/mol. The van der Waals surface area contributed by atoms with Crippen molar-refractivity contribution in [3.05, 3.63) is 0 Å². The highest BCUT2D eigenvalue weighted by Gasteiger charge is 2.32. The van der Waals surface area contributed by atoms with Crippen molar-refractivity contribution in [1.82, 2.24) is 16.0 Å². The van der Waals surface area contributed by atoms with Gasteiger partial charge in [-0.3, -0.25) is 9.59 Å². The van der Waals surface area contributed by atoms with Crippen molar-refractivity contribution < 1.29 is 14.3 Å². The van der Waals surface area contributed by atoms with E-state index in [-0.39, 0.29) is 29.6 Å². The van der Waals surface area contributed by atoms with Gasteiger partial charge in [0.2, 0.25) is 11.8 Å². The highest BCUT2D eigenvalue weighted by atomic mass is 35.5. The first-order chi connectivity index (χ1) is 8.99. The Morgan fingerprint density at radius 2 is 1.95 bits per heavy atom. The fourth-order valence-corrected chi connectivity index (χ4v) is 2.43. The van der Waals surface area contributed by atoms with Crippen LogP contribution in [0.1, 0.15) is 26.7 Å². The molecule has 20 heavy (non-hydrogen) atoms. The molecule has 0 aromatic rings. The monoisotopic (exact) mass is 307 g/mol. The van der Waals surface area contributed by atoms with Gasteiger partial charge in [0.1, 0.15) is 6.04 Å². The SMILES string of the molecule is COCC1(CNC(=O)C(C)NC(C)=O)CCNCC1.Cl. The lowest BCUT2D eigenvalue weighted by atomic mass is 9.79. The van der Waals surface area contributed by atoms with Crippen molar-refractivity contribution in [2.24, 2.45) is 5.41 Å². The van der Waals surface area contributed by atoms with E-state index in [2.05, 4.69) is 16.0 Å². The van der Waals surface area contributed by atoms with Gasteiger partial charge >= 0.3 is 0 Å². The van der Waals surface area contributed by atoms with Crippen LogP contribution in [0.2, 0.25) is 0 Å². The summed E-state index contributed by atoms with van der Waals surface area (Å²) in [5, 5.41) is 8.81. The van der Waals surface area contributed by atoms with Gasteiger partial charge in [-0.25, -0.2) is 0 Å². The molecule has 6 nitrogen and oxygen atoms in total. The van der Waals surface area contributed by atoms with Crippen LogP contribution in [0.3, 0.4) is 0 Å². The Kier molecular flexibility index (Phi) is 8.76. The lowest BCUT2D eigenvalue weighted by Crippen LogP contribution is -2.51.